The second-order valence-electron chi connectivity index (χ2n) is 24.9. The van der Waals surface area contributed by atoms with Crippen LogP contribution in [-0.2, 0) is 59.2 Å². The Balaban J connectivity index is 3.43. The van der Waals surface area contributed by atoms with Crippen LogP contribution >= 0.6 is 11.8 Å². The molecule has 1 aromatic rings. The van der Waals surface area contributed by atoms with Gasteiger partial charge in [0.2, 0.25) is 59.1 Å². The highest BCUT2D eigenvalue weighted by atomic mass is 32.2. The number of carboxylic acids is 1. The monoisotopic (exact) mass is 1370 g/mol. The van der Waals surface area contributed by atoms with Gasteiger partial charge in [-0.25, -0.2) is 0 Å². The molecule has 0 fully saturated rings. The lowest BCUT2D eigenvalue weighted by Gasteiger charge is -2.29. The molecule has 96 heavy (non-hydrogen) atoms. The van der Waals surface area contributed by atoms with E-state index in [2.05, 4.69) is 65.1 Å². The maximum Gasteiger partial charge on any atom is 0.305 e. The Bertz CT molecular complexity index is 2510. The standard InChI is InChI=1S/C66H118N16O13S/c1-7-9-10-11-12-13-14-15-16-17-18-19-23-33-54(84)74-46(8-2)58(88)82-56(44(5)83)65(95)81-53(41-55(85)86)64(94)77-49(32-27-37-73-66(70)71)61(91)80-52(39-43(3)4)63(93)76-48(31-26-36-72-42-68)60(90)75-47(30-24-25-35-67)59(89)78-50(34-38-96-6)62(92)79-51(57(69)87)40-45-28-21-20-22-29-45/h20-22,28-29,43-44,46-53,56,72,83H,7-19,23-27,30-42,67-68H2,1-6H3,(H2,69,87)(H,74,84)(H,75,90)(H,76,93)(H,77,94)(H,78,89)(H,79,92)(H,80,91)(H,81,95)(H,82,88)(H,85,86)(H4,70,71,73). The number of aliphatic imine (C=N–C) groups is 1. The number of benzene rings is 1. The molecule has 0 radical (unpaired) electrons. The molecule has 546 valence electrons. The maximum atomic E-state index is 14.6. The van der Waals surface area contributed by atoms with Gasteiger partial charge in [0, 0.05) is 26.1 Å². The molecule has 0 bridgehead atoms. The molecule has 0 aliphatic carbocycles. The summed E-state index contributed by atoms with van der Waals surface area (Å²) in [6.07, 6.45) is 15.4. The Morgan fingerprint density at radius 2 is 0.969 bits per heavy atom. The predicted octanol–water partition coefficient (Wildman–Crippen LogP) is 1.09. The second-order valence-corrected chi connectivity index (χ2v) is 25.8. The van der Waals surface area contributed by atoms with Gasteiger partial charge in [-0.15, -0.1) is 0 Å². The number of rotatable bonds is 56. The third-order valence-corrected chi connectivity index (χ3v) is 16.6. The number of amides is 10. The lowest BCUT2D eigenvalue weighted by atomic mass is 10.0. The smallest absolute Gasteiger partial charge is 0.305 e. The number of aliphatic hydroxyl groups excluding tert-OH is 1. The normalized spacial score (nSPS) is 14.3. The first-order valence-electron chi connectivity index (χ1n) is 34.4. The van der Waals surface area contributed by atoms with Gasteiger partial charge in [-0.1, -0.05) is 135 Å². The van der Waals surface area contributed by atoms with Crippen molar-refractivity contribution in [3.8, 4) is 0 Å². The van der Waals surface area contributed by atoms with Crippen molar-refractivity contribution in [2.75, 3.05) is 38.3 Å². The molecule has 1 aromatic carbocycles. The number of guanidine groups is 1. The Labute approximate surface area is 572 Å². The van der Waals surface area contributed by atoms with Crippen LogP contribution in [0.2, 0.25) is 0 Å². The van der Waals surface area contributed by atoms with Gasteiger partial charge in [-0.3, -0.25) is 57.7 Å². The minimum absolute atomic E-state index is 0.00615. The summed E-state index contributed by atoms with van der Waals surface area (Å²) in [4.78, 5) is 155. The molecular weight excluding hydrogens is 1260 g/mol. The zero-order valence-corrected chi connectivity index (χ0v) is 58.6. The van der Waals surface area contributed by atoms with Crippen LogP contribution in [0, 0.1) is 5.92 Å². The van der Waals surface area contributed by atoms with E-state index in [9.17, 15) is 63.0 Å². The van der Waals surface area contributed by atoms with Crippen LogP contribution in [0.1, 0.15) is 201 Å². The average molecular weight is 1380 g/mol. The molecule has 29 nitrogen and oxygen atoms in total. The molecule has 10 unspecified atom stereocenters. The van der Waals surface area contributed by atoms with Gasteiger partial charge in [0.1, 0.15) is 54.4 Å². The van der Waals surface area contributed by atoms with E-state index in [-0.39, 0.29) is 102 Å². The first-order valence-corrected chi connectivity index (χ1v) is 35.8. The van der Waals surface area contributed by atoms with Gasteiger partial charge >= 0.3 is 5.97 Å². The zero-order valence-electron chi connectivity index (χ0n) is 57.8. The molecule has 0 spiro atoms. The Kier molecular flexibility index (Phi) is 47.1. The number of carbonyl (C=O) groups is 11. The van der Waals surface area contributed by atoms with Crippen molar-refractivity contribution in [2.24, 2.45) is 39.6 Å². The number of thioether (sulfide) groups is 1. The fraction of sp³-hybridized carbons (Fsp3) is 0.727. The number of aliphatic carboxylic acids is 1. The summed E-state index contributed by atoms with van der Waals surface area (Å²) < 4.78 is 0. The molecule has 10 amide bonds. The number of primary amides is 1. The molecule has 0 aromatic heterocycles. The van der Waals surface area contributed by atoms with E-state index in [0.717, 1.165) is 31.2 Å². The maximum absolute atomic E-state index is 14.6. The zero-order chi connectivity index (χ0) is 71.8. The summed E-state index contributed by atoms with van der Waals surface area (Å²) in [6, 6.07) is -3.68. The summed E-state index contributed by atoms with van der Waals surface area (Å²) in [5, 5.41) is 47.1. The van der Waals surface area contributed by atoms with Crippen molar-refractivity contribution in [2.45, 2.75) is 262 Å². The molecular formula is C66H118N16O13S. The lowest BCUT2D eigenvalue weighted by molar-refractivity contribution is -0.142. The molecule has 0 heterocycles. The van der Waals surface area contributed by atoms with Gasteiger partial charge in [0.15, 0.2) is 5.96 Å². The van der Waals surface area contributed by atoms with E-state index in [0.29, 0.717) is 31.6 Å². The molecule has 30 heteroatoms. The summed E-state index contributed by atoms with van der Waals surface area (Å²) in [5.74, 6) is -10.00. The number of aliphatic hydroxyl groups is 1. The van der Waals surface area contributed by atoms with Crippen LogP contribution in [0.25, 0.3) is 0 Å². The predicted molar refractivity (Wildman–Crippen MR) is 373 cm³/mol. The van der Waals surface area contributed by atoms with Crippen molar-refractivity contribution in [3.05, 3.63) is 35.9 Å². The van der Waals surface area contributed by atoms with E-state index in [1.165, 1.54) is 70.1 Å². The topological polar surface area (TPSA) is 491 Å². The summed E-state index contributed by atoms with van der Waals surface area (Å²) >= 11 is 1.41. The molecule has 10 atom stereocenters. The Morgan fingerprint density at radius 3 is 1.44 bits per heavy atom. The lowest BCUT2D eigenvalue weighted by Crippen LogP contribution is -2.61. The van der Waals surface area contributed by atoms with Gasteiger partial charge in [-0.2, -0.15) is 11.8 Å². The largest absolute Gasteiger partial charge is 0.481 e. The quantitative estimate of drug-likeness (QED) is 0.0188. The highest BCUT2D eigenvalue weighted by Crippen LogP contribution is 2.16. The fourth-order valence-electron chi connectivity index (χ4n) is 10.5. The number of hydrogen-bond donors (Lipinski definition) is 17. The number of nitrogens with two attached hydrogens (primary N) is 5. The highest BCUT2D eigenvalue weighted by Gasteiger charge is 2.37. The number of carbonyl (C=O) groups excluding carboxylic acids is 10. The number of nitrogens with one attached hydrogen (secondary N) is 10. The molecule has 0 saturated carbocycles. The minimum Gasteiger partial charge on any atom is -0.481 e. The molecule has 0 saturated heterocycles. The van der Waals surface area contributed by atoms with Gasteiger partial charge in [-0.05, 0) is 114 Å². The second kappa shape index (κ2) is 52.0. The number of nitrogens with zero attached hydrogens (tertiary/aromatic N) is 1. The van der Waals surface area contributed by atoms with Crippen LogP contribution in [0.15, 0.2) is 35.3 Å². The Morgan fingerprint density at radius 1 is 0.510 bits per heavy atom. The van der Waals surface area contributed by atoms with Crippen molar-refractivity contribution >= 4 is 82.8 Å². The third-order valence-electron chi connectivity index (χ3n) is 15.9. The van der Waals surface area contributed by atoms with Gasteiger partial charge < -0.3 is 92.0 Å². The van der Waals surface area contributed by atoms with Crippen LogP contribution in [0.3, 0.4) is 0 Å². The van der Waals surface area contributed by atoms with Crippen molar-refractivity contribution in [1.29, 1.82) is 0 Å². The molecule has 1 rings (SSSR count). The third kappa shape index (κ3) is 39.2. The summed E-state index contributed by atoms with van der Waals surface area (Å²) in [5.41, 5.74) is 29.0. The highest BCUT2D eigenvalue weighted by molar-refractivity contribution is 7.98. The van der Waals surface area contributed by atoms with Gasteiger partial charge in [0.05, 0.1) is 12.5 Å². The van der Waals surface area contributed by atoms with Crippen LogP contribution in [0.4, 0.5) is 0 Å². The van der Waals surface area contributed by atoms with E-state index in [1.807, 2.05) is 6.26 Å². The Hall–Kier alpha value is -7.15. The van der Waals surface area contributed by atoms with Crippen molar-refractivity contribution in [3.63, 3.8) is 0 Å². The number of carboxylic acid groups (broad SMARTS) is 1. The van der Waals surface area contributed by atoms with Gasteiger partial charge in [0.25, 0.3) is 0 Å². The summed E-state index contributed by atoms with van der Waals surface area (Å²) in [6.45, 7) is 9.20. The number of unbranched alkanes of at least 4 members (excludes halogenated alkanes) is 13. The average Bonchev–Trinajstić information content (AvgIpc) is 0.892. The van der Waals surface area contributed by atoms with E-state index >= 15 is 0 Å². The molecule has 0 aliphatic heterocycles. The molecule has 0 aliphatic rings. The fourth-order valence-corrected chi connectivity index (χ4v) is 10.9. The molecule has 22 N–H and O–H groups in total. The summed E-state index contributed by atoms with van der Waals surface area (Å²) in [7, 11) is 0. The minimum atomic E-state index is -1.91. The van der Waals surface area contributed by atoms with E-state index in [1.54, 1.807) is 51.1 Å². The van der Waals surface area contributed by atoms with E-state index < -0.39 is 126 Å². The number of hydrogen-bond acceptors (Lipinski definition) is 17. The van der Waals surface area contributed by atoms with Crippen molar-refractivity contribution < 1.29 is 63.0 Å². The van der Waals surface area contributed by atoms with E-state index in [4.69, 9.17) is 28.7 Å². The van der Waals surface area contributed by atoms with Crippen LogP contribution < -0.4 is 81.8 Å². The first-order chi connectivity index (χ1) is 45.8. The van der Waals surface area contributed by atoms with Crippen molar-refractivity contribution in [1.82, 2.24) is 53.2 Å². The first kappa shape index (κ1) is 86.9. The van der Waals surface area contributed by atoms with Crippen LogP contribution in [-0.4, -0.2) is 180 Å². The SMILES string of the molecule is CCCCCCCCCCCCCCCC(=O)NC(CC)C(=O)NC(C(=O)NC(CC(=O)O)C(=O)NC(CCCN=C(N)N)C(=O)NC(CC(C)C)C(=O)NC(CCCNCN)C(=O)NC(CCCCN)C(=O)NC(CCSC)C(=O)NC(Cc1ccccc1)C(N)=O)C(C)O. The van der Waals surface area contributed by atoms with Crippen LogP contribution in [0.5, 0.6) is 0 Å².